The fourth-order valence-corrected chi connectivity index (χ4v) is 4.52. The van der Waals surface area contributed by atoms with Crippen LogP contribution >= 0.6 is 0 Å². The van der Waals surface area contributed by atoms with E-state index in [1.165, 1.54) is 6.42 Å². The Morgan fingerprint density at radius 1 is 1.26 bits per heavy atom. The first kappa shape index (κ1) is 15.4. The van der Waals surface area contributed by atoms with E-state index in [1.54, 1.807) is 0 Å². The Kier molecular flexibility index (Phi) is 3.87. The van der Waals surface area contributed by atoms with Gasteiger partial charge in [0.15, 0.2) is 0 Å². The second-order valence-corrected chi connectivity index (χ2v) is 7.24. The number of epoxide rings is 2. The van der Waals surface area contributed by atoms with Gasteiger partial charge in [0.25, 0.3) is 0 Å². The van der Waals surface area contributed by atoms with Crippen molar-refractivity contribution in [2.24, 2.45) is 5.92 Å². The molecule has 3 aliphatic rings. The van der Waals surface area contributed by atoms with Gasteiger partial charge in [0, 0.05) is 19.4 Å². The molecule has 1 saturated carbocycles. The van der Waals surface area contributed by atoms with Crippen molar-refractivity contribution in [3.05, 3.63) is 30.3 Å². The van der Waals surface area contributed by atoms with E-state index in [4.69, 9.17) is 18.9 Å². The summed E-state index contributed by atoms with van der Waals surface area (Å²) >= 11 is 0. The van der Waals surface area contributed by atoms with Crippen molar-refractivity contribution in [3.8, 4) is 5.75 Å². The highest BCUT2D eigenvalue weighted by atomic mass is 16.6. The quantitative estimate of drug-likeness (QED) is 0.756. The molecule has 4 heteroatoms. The zero-order valence-corrected chi connectivity index (χ0v) is 14.0. The first-order valence-corrected chi connectivity index (χ1v) is 8.70. The van der Waals surface area contributed by atoms with Crippen LogP contribution in [0.2, 0.25) is 0 Å². The molecule has 1 spiro atoms. The number of rotatable bonds is 6. The lowest BCUT2D eigenvalue weighted by Gasteiger charge is -2.38. The normalized spacial score (nSPS) is 41.7. The van der Waals surface area contributed by atoms with Crippen LogP contribution in [0.15, 0.2) is 30.3 Å². The molecule has 2 saturated heterocycles. The van der Waals surface area contributed by atoms with Gasteiger partial charge in [-0.15, -0.1) is 0 Å². The Morgan fingerprint density at radius 2 is 2.04 bits per heavy atom. The van der Waals surface area contributed by atoms with Crippen LogP contribution in [-0.4, -0.2) is 43.7 Å². The summed E-state index contributed by atoms with van der Waals surface area (Å²) in [7, 11) is 1.82. The number of hydrogen-bond donors (Lipinski definition) is 0. The van der Waals surface area contributed by atoms with E-state index in [9.17, 15) is 0 Å². The molecule has 1 aromatic rings. The van der Waals surface area contributed by atoms with E-state index < -0.39 is 0 Å². The summed E-state index contributed by atoms with van der Waals surface area (Å²) < 4.78 is 23.6. The Bertz CT molecular complexity index is 542. The predicted octanol–water partition coefficient (Wildman–Crippen LogP) is 3.20. The molecule has 2 heterocycles. The molecule has 0 bridgehead atoms. The number of hydrogen-bond acceptors (Lipinski definition) is 4. The minimum absolute atomic E-state index is 0.0166. The summed E-state index contributed by atoms with van der Waals surface area (Å²) in [6.07, 6.45) is 4.84. The SMILES string of the molecule is CO[C@@H]1CCC[C@]2(CO2)C1[C@]1(C)OC1CCOc1ccccc1. The monoisotopic (exact) mass is 318 g/mol. The smallest absolute Gasteiger partial charge is 0.119 e. The minimum atomic E-state index is -0.127. The third kappa shape index (κ3) is 2.77. The number of para-hydroxylation sites is 1. The number of ether oxygens (including phenoxy) is 4. The lowest BCUT2D eigenvalue weighted by Crippen LogP contribution is -2.48. The van der Waals surface area contributed by atoms with Gasteiger partial charge in [-0.25, -0.2) is 0 Å². The molecule has 1 aliphatic carbocycles. The number of methoxy groups -OCH3 is 1. The third-order valence-corrected chi connectivity index (χ3v) is 5.83. The molecule has 126 valence electrons. The van der Waals surface area contributed by atoms with Gasteiger partial charge in [0.05, 0.1) is 31.0 Å². The van der Waals surface area contributed by atoms with Crippen LogP contribution in [0, 0.1) is 5.92 Å². The first-order chi connectivity index (χ1) is 11.2. The molecule has 4 rings (SSSR count). The molecule has 0 N–H and O–H groups in total. The van der Waals surface area contributed by atoms with Crippen molar-refractivity contribution >= 4 is 0 Å². The Labute approximate surface area is 138 Å². The highest BCUT2D eigenvalue weighted by molar-refractivity contribution is 5.21. The zero-order valence-electron chi connectivity index (χ0n) is 14.0. The van der Waals surface area contributed by atoms with Crippen LogP contribution in [0.3, 0.4) is 0 Å². The second kappa shape index (κ2) is 5.76. The maximum atomic E-state index is 6.15. The van der Waals surface area contributed by atoms with Crippen molar-refractivity contribution in [1.29, 1.82) is 0 Å². The van der Waals surface area contributed by atoms with Gasteiger partial charge in [-0.1, -0.05) is 18.2 Å². The zero-order chi connectivity index (χ0) is 15.9. The Hall–Kier alpha value is -1.10. The minimum Gasteiger partial charge on any atom is -0.493 e. The predicted molar refractivity (Wildman–Crippen MR) is 86.7 cm³/mol. The van der Waals surface area contributed by atoms with E-state index in [0.29, 0.717) is 12.5 Å². The molecule has 0 aromatic heterocycles. The van der Waals surface area contributed by atoms with E-state index in [0.717, 1.165) is 31.6 Å². The van der Waals surface area contributed by atoms with Crippen molar-refractivity contribution in [1.82, 2.24) is 0 Å². The van der Waals surface area contributed by atoms with E-state index >= 15 is 0 Å². The third-order valence-electron chi connectivity index (χ3n) is 5.83. The molecule has 2 aliphatic heterocycles. The van der Waals surface area contributed by atoms with Crippen molar-refractivity contribution in [2.45, 2.75) is 56.0 Å². The van der Waals surface area contributed by atoms with Crippen LogP contribution in [0.5, 0.6) is 5.75 Å². The number of benzene rings is 1. The van der Waals surface area contributed by atoms with Crippen molar-refractivity contribution < 1.29 is 18.9 Å². The van der Waals surface area contributed by atoms with Crippen LogP contribution in [-0.2, 0) is 14.2 Å². The van der Waals surface area contributed by atoms with Gasteiger partial charge in [-0.3, -0.25) is 0 Å². The molecule has 4 nitrogen and oxygen atoms in total. The van der Waals surface area contributed by atoms with Gasteiger partial charge in [-0.2, -0.15) is 0 Å². The summed E-state index contributed by atoms with van der Waals surface area (Å²) in [6, 6.07) is 9.96. The standard InChI is InChI=1S/C19H26O4/c1-18(17-15(20-2)9-6-11-19(17)13-22-19)16(23-18)10-12-21-14-7-4-3-5-8-14/h3-5,7-8,15-17H,6,9-13H2,1-2H3/t15-,16?,17?,18-,19+/m1/s1. The molecular formula is C19H26O4. The summed E-state index contributed by atoms with van der Waals surface area (Å²) in [5.74, 6) is 1.26. The van der Waals surface area contributed by atoms with Crippen LogP contribution in [0.4, 0.5) is 0 Å². The average Bonchev–Trinajstić information content (AvgIpc) is 3.47. The van der Waals surface area contributed by atoms with E-state index in [1.807, 2.05) is 37.4 Å². The lowest BCUT2D eigenvalue weighted by molar-refractivity contribution is -0.0492. The van der Waals surface area contributed by atoms with Gasteiger partial charge >= 0.3 is 0 Å². The van der Waals surface area contributed by atoms with E-state index in [-0.39, 0.29) is 23.4 Å². The maximum absolute atomic E-state index is 6.15. The molecule has 0 amide bonds. The van der Waals surface area contributed by atoms with E-state index in [2.05, 4.69) is 6.92 Å². The molecule has 23 heavy (non-hydrogen) atoms. The summed E-state index contributed by atoms with van der Waals surface area (Å²) in [5, 5.41) is 0. The summed E-state index contributed by atoms with van der Waals surface area (Å²) in [6.45, 7) is 3.78. The lowest BCUT2D eigenvalue weighted by atomic mass is 9.69. The largest absolute Gasteiger partial charge is 0.493 e. The first-order valence-electron chi connectivity index (χ1n) is 8.70. The molecule has 2 unspecified atom stereocenters. The Balaban J connectivity index is 1.36. The summed E-state index contributed by atoms with van der Waals surface area (Å²) in [4.78, 5) is 0. The highest BCUT2D eigenvalue weighted by Gasteiger charge is 2.70. The molecule has 3 fully saturated rings. The van der Waals surface area contributed by atoms with Gasteiger partial charge in [0.2, 0.25) is 0 Å². The molecule has 5 atom stereocenters. The van der Waals surface area contributed by atoms with Crippen molar-refractivity contribution in [2.75, 3.05) is 20.3 Å². The highest BCUT2D eigenvalue weighted by Crippen LogP contribution is 2.59. The van der Waals surface area contributed by atoms with Gasteiger partial charge in [0.1, 0.15) is 11.4 Å². The fraction of sp³-hybridized carbons (Fsp3) is 0.684. The second-order valence-electron chi connectivity index (χ2n) is 7.24. The van der Waals surface area contributed by atoms with Crippen LogP contribution in [0.1, 0.15) is 32.6 Å². The topological polar surface area (TPSA) is 43.5 Å². The summed E-state index contributed by atoms with van der Waals surface area (Å²) in [5.41, 5.74) is -0.111. The van der Waals surface area contributed by atoms with Crippen LogP contribution in [0.25, 0.3) is 0 Å². The van der Waals surface area contributed by atoms with Gasteiger partial charge in [-0.05, 0) is 38.3 Å². The molecule has 1 aromatic carbocycles. The average molecular weight is 318 g/mol. The Morgan fingerprint density at radius 3 is 2.74 bits per heavy atom. The van der Waals surface area contributed by atoms with Gasteiger partial charge < -0.3 is 18.9 Å². The molecular weight excluding hydrogens is 292 g/mol. The molecule has 0 radical (unpaired) electrons. The fourth-order valence-electron chi connectivity index (χ4n) is 4.52. The van der Waals surface area contributed by atoms with Crippen LogP contribution < -0.4 is 4.74 Å². The van der Waals surface area contributed by atoms with Crippen molar-refractivity contribution in [3.63, 3.8) is 0 Å². The maximum Gasteiger partial charge on any atom is 0.119 e.